The van der Waals surface area contributed by atoms with Crippen molar-refractivity contribution in [1.82, 2.24) is 9.80 Å². The second kappa shape index (κ2) is 6.99. The molecule has 0 saturated carbocycles. The Morgan fingerprint density at radius 1 is 1.11 bits per heavy atom. The van der Waals surface area contributed by atoms with Crippen molar-refractivity contribution in [3.8, 4) is 0 Å². The monoisotopic (exact) mass is 264 g/mol. The number of amides is 1. The molecule has 4 N–H and O–H groups in total. The van der Waals surface area contributed by atoms with E-state index in [0.29, 0.717) is 23.5 Å². The molecular weight excluding hydrogens is 240 g/mol. The summed E-state index contributed by atoms with van der Waals surface area (Å²) < 4.78 is 0. The lowest BCUT2D eigenvalue weighted by atomic mass is 10.1. The lowest BCUT2D eigenvalue weighted by Gasteiger charge is -2.22. The van der Waals surface area contributed by atoms with E-state index in [4.69, 9.17) is 11.5 Å². The minimum atomic E-state index is -0.0137. The maximum absolute atomic E-state index is 12.4. The molecule has 0 fully saturated rings. The summed E-state index contributed by atoms with van der Waals surface area (Å²) in [4.78, 5) is 16.3. The van der Waals surface area contributed by atoms with Crippen LogP contribution in [0, 0.1) is 0 Å². The second-order valence-corrected chi connectivity index (χ2v) is 4.93. The summed E-state index contributed by atoms with van der Waals surface area (Å²) in [7, 11) is 4.05. The number of carbonyl (C=O) groups is 1. The number of rotatable bonds is 6. The minimum absolute atomic E-state index is 0.0137. The number of nitrogens with zero attached hydrogens (tertiary/aromatic N) is 2. The Morgan fingerprint density at radius 2 is 1.68 bits per heavy atom. The minimum Gasteiger partial charge on any atom is -0.399 e. The van der Waals surface area contributed by atoms with Gasteiger partial charge < -0.3 is 21.3 Å². The van der Waals surface area contributed by atoms with E-state index in [2.05, 4.69) is 4.90 Å². The first kappa shape index (κ1) is 15.3. The van der Waals surface area contributed by atoms with E-state index in [1.807, 2.05) is 25.9 Å². The molecule has 0 heterocycles. The number of hydrogen-bond acceptors (Lipinski definition) is 4. The Balaban J connectivity index is 2.72. The molecule has 1 amide bonds. The zero-order chi connectivity index (χ0) is 14.4. The van der Waals surface area contributed by atoms with E-state index in [1.165, 1.54) is 0 Å². The van der Waals surface area contributed by atoms with Crippen LogP contribution in [0.15, 0.2) is 18.2 Å². The third kappa shape index (κ3) is 4.79. The number of hydrogen-bond donors (Lipinski definition) is 2. The van der Waals surface area contributed by atoms with Gasteiger partial charge in [0, 0.05) is 30.0 Å². The molecule has 5 heteroatoms. The van der Waals surface area contributed by atoms with Crippen LogP contribution in [0.1, 0.15) is 23.7 Å². The van der Waals surface area contributed by atoms with Gasteiger partial charge in [0.05, 0.1) is 0 Å². The second-order valence-electron chi connectivity index (χ2n) is 4.93. The topological polar surface area (TPSA) is 75.6 Å². The smallest absolute Gasteiger partial charge is 0.253 e. The molecular formula is C14H24N4O. The molecule has 0 aliphatic carbocycles. The van der Waals surface area contributed by atoms with Crippen molar-refractivity contribution >= 4 is 17.3 Å². The highest BCUT2D eigenvalue weighted by atomic mass is 16.2. The Kier molecular flexibility index (Phi) is 5.63. The first-order valence-corrected chi connectivity index (χ1v) is 6.54. The summed E-state index contributed by atoms with van der Waals surface area (Å²) in [6.45, 7) is 4.36. The Bertz CT molecular complexity index is 411. The predicted molar refractivity (Wildman–Crippen MR) is 80.0 cm³/mol. The number of nitrogen functional groups attached to an aromatic ring is 2. The fourth-order valence-electron chi connectivity index (χ4n) is 1.96. The third-order valence-corrected chi connectivity index (χ3v) is 2.93. The van der Waals surface area contributed by atoms with Crippen molar-refractivity contribution < 1.29 is 4.79 Å². The molecule has 0 atom stereocenters. The molecule has 0 saturated heterocycles. The van der Waals surface area contributed by atoms with Gasteiger partial charge in [-0.1, -0.05) is 0 Å². The van der Waals surface area contributed by atoms with Gasteiger partial charge in [-0.15, -0.1) is 0 Å². The zero-order valence-electron chi connectivity index (χ0n) is 12.0. The fraction of sp³-hybridized carbons (Fsp3) is 0.500. The van der Waals surface area contributed by atoms with Crippen LogP contribution < -0.4 is 11.5 Å². The van der Waals surface area contributed by atoms with E-state index >= 15 is 0 Å². The van der Waals surface area contributed by atoms with Gasteiger partial charge in [-0.05, 0) is 52.2 Å². The van der Waals surface area contributed by atoms with Crippen molar-refractivity contribution in [3.05, 3.63) is 23.8 Å². The van der Waals surface area contributed by atoms with Crippen molar-refractivity contribution in [2.24, 2.45) is 0 Å². The van der Waals surface area contributed by atoms with Gasteiger partial charge in [-0.3, -0.25) is 4.79 Å². The highest BCUT2D eigenvalue weighted by molar-refractivity contribution is 5.96. The summed E-state index contributed by atoms with van der Waals surface area (Å²) in [5.74, 6) is -0.0137. The molecule has 0 radical (unpaired) electrons. The first-order valence-electron chi connectivity index (χ1n) is 6.54. The Hall–Kier alpha value is -1.75. The summed E-state index contributed by atoms with van der Waals surface area (Å²) >= 11 is 0. The van der Waals surface area contributed by atoms with Crippen LogP contribution in [0.5, 0.6) is 0 Å². The summed E-state index contributed by atoms with van der Waals surface area (Å²) in [5, 5.41) is 0. The SMILES string of the molecule is CCN(CCCN(C)C)C(=O)c1cc(N)cc(N)c1. The molecule has 106 valence electrons. The van der Waals surface area contributed by atoms with Crippen LogP contribution in [0.25, 0.3) is 0 Å². The number of anilines is 2. The van der Waals surface area contributed by atoms with E-state index in [0.717, 1.165) is 19.5 Å². The maximum Gasteiger partial charge on any atom is 0.253 e. The van der Waals surface area contributed by atoms with Crippen LogP contribution in [0.4, 0.5) is 11.4 Å². The van der Waals surface area contributed by atoms with E-state index in [9.17, 15) is 4.79 Å². The van der Waals surface area contributed by atoms with Crippen LogP contribution in [0.2, 0.25) is 0 Å². The van der Waals surface area contributed by atoms with Gasteiger partial charge in [-0.25, -0.2) is 0 Å². The van der Waals surface area contributed by atoms with E-state index < -0.39 is 0 Å². The van der Waals surface area contributed by atoms with Gasteiger partial charge in [-0.2, -0.15) is 0 Å². The first-order chi connectivity index (χ1) is 8.93. The fourth-order valence-corrected chi connectivity index (χ4v) is 1.96. The summed E-state index contributed by atoms with van der Waals surface area (Å²) in [6, 6.07) is 5.00. The van der Waals surface area contributed by atoms with Crippen LogP contribution in [0.3, 0.4) is 0 Å². The summed E-state index contributed by atoms with van der Waals surface area (Å²) in [5.41, 5.74) is 13.0. The van der Waals surface area contributed by atoms with Gasteiger partial charge >= 0.3 is 0 Å². The van der Waals surface area contributed by atoms with Crippen LogP contribution in [-0.2, 0) is 0 Å². The molecule has 0 spiro atoms. The zero-order valence-corrected chi connectivity index (χ0v) is 12.0. The van der Waals surface area contributed by atoms with Crippen molar-refractivity contribution in [2.75, 3.05) is 45.2 Å². The number of nitrogens with two attached hydrogens (primary N) is 2. The Labute approximate surface area is 115 Å². The van der Waals surface area contributed by atoms with Crippen molar-refractivity contribution in [1.29, 1.82) is 0 Å². The normalized spacial score (nSPS) is 10.7. The molecule has 1 rings (SSSR count). The predicted octanol–water partition coefficient (Wildman–Crippen LogP) is 1.26. The quantitative estimate of drug-likeness (QED) is 0.759. The number of benzene rings is 1. The standard InChI is InChI=1S/C14H24N4O/c1-4-18(7-5-6-17(2)3)14(19)11-8-12(15)10-13(16)9-11/h8-10H,4-7,15-16H2,1-3H3. The molecule has 0 unspecified atom stereocenters. The van der Waals surface area contributed by atoms with Gasteiger partial charge in [0.25, 0.3) is 5.91 Å². The average molecular weight is 264 g/mol. The lowest BCUT2D eigenvalue weighted by molar-refractivity contribution is 0.0759. The van der Waals surface area contributed by atoms with Crippen molar-refractivity contribution in [2.45, 2.75) is 13.3 Å². The van der Waals surface area contributed by atoms with Gasteiger partial charge in [0.2, 0.25) is 0 Å². The van der Waals surface area contributed by atoms with E-state index in [1.54, 1.807) is 18.2 Å². The molecule has 0 aromatic heterocycles. The van der Waals surface area contributed by atoms with Crippen molar-refractivity contribution in [3.63, 3.8) is 0 Å². The average Bonchev–Trinajstić information content (AvgIpc) is 2.32. The molecule has 5 nitrogen and oxygen atoms in total. The Morgan fingerprint density at radius 3 is 2.16 bits per heavy atom. The molecule has 0 bridgehead atoms. The van der Waals surface area contributed by atoms with E-state index in [-0.39, 0.29) is 5.91 Å². The largest absolute Gasteiger partial charge is 0.399 e. The molecule has 1 aromatic rings. The number of carbonyl (C=O) groups excluding carboxylic acids is 1. The molecule has 1 aromatic carbocycles. The van der Waals surface area contributed by atoms with Crippen LogP contribution in [-0.4, -0.2) is 49.4 Å². The third-order valence-electron chi connectivity index (χ3n) is 2.93. The van der Waals surface area contributed by atoms with Crippen LogP contribution >= 0.6 is 0 Å². The maximum atomic E-state index is 12.4. The molecule has 19 heavy (non-hydrogen) atoms. The molecule has 0 aliphatic rings. The highest BCUT2D eigenvalue weighted by Gasteiger charge is 2.14. The van der Waals surface area contributed by atoms with Gasteiger partial charge in [0.1, 0.15) is 0 Å². The lowest BCUT2D eigenvalue weighted by Crippen LogP contribution is -2.33. The highest BCUT2D eigenvalue weighted by Crippen LogP contribution is 2.15. The molecule has 0 aliphatic heterocycles. The van der Waals surface area contributed by atoms with Gasteiger partial charge in [0.15, 0.2) is 0 Å². The summed E-state index contributed by atoms with van der Waals surface area (Å²) in [6.07, 6.45) is 0.949.